The smallest absolute Gasteiger partial charge is 0.244 e. The topological polar surface area (TPSA) is 81.0 Å². The Balaban J connectivity index is 1.42. The quantitative estimate of drug-likeness (QED) is 0.640. The highest BCUT2D eigenvalue weighted by atomic mass is 16.2. The van der Waals surface area contributed by atoms with Crippen LogP contribution in [0.5, 0.6) is 0 Å². The molecule has 0 saturated carbocycles. The van der Waals surface area contributed by atoms with Gasteiger partial charge in [-0.15, -0.1) is 5.10 Å². The molecule has 1 aliphatic heterocycles. The normalized spacial score (nSPS) is 16.7. The highest BCUT2D eigenvalue weighted by Gasteiger charge is 2.29. The average molecular weight is 375 g/mol. The van der Waals surface area contributed by atoms with Gasteiger partial charge in [0.15, 0.2) is 5.78 Å². The number of rotatable bonds is 5. The molecule has 1 aliphatic rings. The number of tetrazole rings is 1. The maximum atomic E-state index is 13.0. The van der Waals surface area contributed by atoms with Crippen LogP contribution in [0.15, 0.2) is 60.9 Å². The number of hydrogen-bond donors (Lipinski definition) is 0. The lowest BCUT2D eigenvalue weighted by atomic mass is 9.89. The molecule has 0 bridgehead atoms. The largest absolute Gasteiger partial charge is 0.340 e. The van der Waals surface area contributed by atoms with Crippen LogP contribution in [0.1, 0.15) is 23.2 Å². The number of hydrogen-bond acceptors (Lipinski definition) is 5. The minimum atomic E-state index is -0.172. The lowest BCUT2D eigenvalue weighted by Gasteiger charge is -2.32. The fourth-order valence-electron chi connectivity index (χ4n) is 3.60. The van der Waals surface area contributed by atoms with E-state index in [-0.39, 0.29) is 24.2 Å². The second-order valence-electron chi connectivity index (χ2n) is 6.99. The Labute approximate surface area is 163 Å². The maximum absolute atomic E-state index is 13.0. The van der Waals surface area contributed by atoms with Crippen molar-refractivity contribution >= 4 is 11.7 Å². The molecule has 3 aromatic rings. The lowest BCUT2D eigenvalue weighted by Crippen LogP contribution is -2.43. The van der Waals surface area contributed by atoms with Gasteiger partial charge in [0.05, 0.1) is 0 Å². The van der Waals surface area contributed by atoms with Crippen molar-refractivity contribution in [2.24, 2.45) is 5.92 Å². The summed E-state index contributed by atoms with van der Waals surface area (Å²) in [7, 11) is 0. The summed E-state index contributed by atoms with van der Waals surface area (Å²) in [5.74, 6) is -0.141. The first-order valence-corrected chi connectivity index (χ1v) is 9.39. The van der Waals surface area contributed by atoms with E-state index in [1.54, 1.807) is 4.90 Å². The number of carbonyl (C=O) groups is 2. The van der Waals surface area contributed by atoms with Crippen molar-refractivity contribution in [3.63, 3.8) is 0 Å². The number of Topliss-reactive ketones (excluding diaryl/α,β-unsaturated/α-hetero) is 1. The fourth-order valence-corrected chi connectivity index (χ4v) is 3.60. The molecule has 2 heterocycles. The number of benzene rings is 2. The minimum Gasteiger partial charge on any atom is -0.340 e. The van der Waals surface area contributed by atoms with Gasteiger partial charge >= 0.3 is 0 Å². The third-order valence-electron chi connectivity index (χ3n) is 5.11. The van der Waals surface area contributed by atoms with Crippen LogP contribution in [0.25, 0.3) is 11.1 Å². The number of ketones is 1. The highest BCUT2D eigenvalue weighted by Crippen LogP contribution is 2.24. The molecule has 1 aromatic heterocycles. The molecule has 7 nitrogen and oxygen atoms in total. The molecule has 0 N–H and O–H groups in total. The zero-order valence-electron chi connectivity index (χ0n) is 15.4. The van der Waals surface area contributed by atoms with E-state index < -0.39 is 0 Å². The number of carbonyl (C=O) groups excluding carboxylic acids is 2. The Bertz CT molecular complexity index is 939. The molecule has 142 valence electrons. The maximum Gasteiger partial charge on any atom is 0.244 e. The SMILES string of the molecule is O=C(c1ccc(-c2ccccc2)cc1)C1CCCN(C(=O)Cn2cnnn2)C1. The van der Waals surface area contributed by atoms with E-state index in [2.05, 4.69) is 15.5 Å². The first-order chi connectivity index (χ1) is 13.7. The van der Waals surface area contributed by atoms with E-state index in [0.29, 0.717) is 18.7 Å². The summed E-state index contributed by atoms with van der Waals surface area (Å²) in [6.45, 7) is 1.21. The summed E-state index contributed by atoms with van der Waals surface area (Å²) < 4.78 is 1.40. The van der Waals surface area contributed by atoms with Crippen molar-refractivity contribution in [1.82, 2.24) is 25.1 Å². The highest BCUT2D eigenvalue weighted by molar-refractivity contribution is 5.98. The van der Waals surface area contributed by atoms with Gasteiger partial charge in [-0.2, -0.15) is 0 Å². The van der Waals surface area contributed by atoms with Crippen LogP contribution in [0, 0.1) is 5.92 Å². The van der Waals surface area contributed by atoms with Crippen LogP contribution in [0.3, 0.4) is 0 Å². The Hall–Kier alpha value is -3.35. The standard InChI is InChI=1S/C21H21N5O2/c27-20(14-26-15-22-23-24-26)25-12-4-7-19(13-25)21(28)18-10-8-17(9-11-18)16-5-2-1-3-6-16/h1-3,5-6,8-11,15,19H,4,7,12-14H2. The van der Waals surface area contributed by atoms with Gasteiger partial charge < -0.3 is 4.90 Å². The number of aromatic nitrogens is 4. The van der Waals surface area contributed by atoms with Crippen molar-refractivity contribution in [2.45, 2.75) is 19.4 Å². The van der Waals surface area contributed by atoms with Crippen molar-refractivity contribution in [3.8, 4) is 11.1 Å². The Kier molecular flexibility index (Phi) is 5.23. The molecule has 0 radical (unpaired) electrons. The summed E-state index contributed by atoms with van der Waals surface area (Å²) in [5, 5.41) is 10.8. The molecule has 4 rings (SSSR count). The Morgan fingerprint density at radius 3 is 2.46 bits per heavy atom. The van der Waals surface area contributed by atoms with Crippen LogP contribution >= 0.6 is 0 Å². The van der Waals surface area contributed by atoms with E-state index in [9.17, 15) is 9.59 Å². The molecular weight excluding hydrogens is 354 g/mol. The summed E-state index contributed by atoms with van der Waals surface area (Å²) in [5.41, 5.74) is 2.90. The molecule has 1 amide bonds. The van der Waals surface area contributed by atoms with Crippen molar-refractivity contribution in [3.05, 3.63) is 66.5 Å². The predicted octanol–water partition coefficient (Wildman–Crippen LogP) is 2.46. The van der Waals surface area contributed by atoms with E-state index in [4.69, 9.17) is 0 Å². The van der Waals surface area contributed by atoms with Crippen LogP contribution < -0.4 is 0 Å². The van der Waals surface area contributed by atoms with Gasteiger partial charge in [0.1, 0.15) is 12.9 Å². The van der Waals surface area contributed by atoms with Crippen molar-refractivity contribution in [2.75, 3.05) is 13.1 Å². The number of amides is 1. The molecular formula is C21H21N5O2. The third-order valence-corrected chi connectivity index (χ3v) is 5.11. The van der Waals surface area contributed by atoms with Crippen molar-refractivity contribution < 1.29 is 9.59 Å². The fraction of sp³-hybridized carbons (Fsp3) is 0.286. The van der Waals surface area contributed by atoms with Crippen molar-refractivity contribution in [1.29, 1.82) is 0 Å². The van der Waals surface area contributed by atoms with Gasteiger partial charge in [0.25, 0.3) is 0 Å². The first-order valence-electron chi connectivity index (χ1n) is 9.39. The number of nitrogens with zero attached hydrogens (tertiary/aromatic N) is 5. The minimum absolute atomic E-state index is 0.0655. The average Bonchev–Trinajstić information content (AvgIpc) is 3.27. The molecule has 1 saturated heterocycles. The van der Waals surface area contributed by atoms with Gasteiger partial charge in [0.2, 0.25) is 5.91 Å². The van der Waals surface area contributed by atoms with Crippen LogP contribution in [-0.4, -0.2) is 49.9 Å². The summed E-state index contributed by atoms with van der Waals surface area (Å²) in [6.07, 6.45) is 3.03. The van der Waals surface area contributed by atoms with Gasteiger partial charge in [-0.1, -0.05) is 54.6 Å². The van der Waals surface area contributed by atoms with E-state index >= 15 is 0 Å². The Morgan fingerprint density at radius 2 is 1.75 bits per heavy atom. The molecule has 0 spiro atoms. The molecule has 2 aromatic carbocycles. The predicted molar refractivity (Wildman–Crippen MR) is 103 cm³/mol. The van der Waals surface area contributed by atoms with Crippen LogP contribution in [-0.2, 0) is 11.3 Å². The second-order valence-corrected chi connectivity index (χ2v) is 6.99. The van der Waals surface area contributed by atoms with E-state index in [1.807, 2.05) is 54.6 Å². The van der Waals surface area contributed by atoms with Crippen LogP contribution in [0.2, 0.25) is 0 Å². The van der Waals surface area contributed by atoms with Gasteiger partial charge in [-0.25, -0.2) is 4.68 Å². The Morgan fingerprint density at radius 1 is 1.00 bits per heavy atom. The number of likely N-dealkylation sites (tertiary alicyclic amines) is 1. The van der Waals surface area contributed by atoms with E-state index in [1.165, 1.54) is 11.0 Å². The molecule has 1 atom stereocenters. The van der Waals surface area contributed by atoms with Gasteiger partial charge in [-0.05, 0) is 34.4 Å². The first kappa shape index (κ1) is 18.0. The third kappa shape index (κ3) is 3.98. The zero-order chi connectivity index (χ0) is 19.3. The van der Waals surface area contributed by atoms with Gasteiger partial charge in [-0.3, -0.25) is 9.59 Å². The molecule has 28 heavy (non-hydrogen) atoms. The number of piperidine rings is 1. The molecule has 0 aliphatic carbocycles. The van der Waals surface area contributed by atoms with Gasteiger partial charge in [0, 0.05) is 24.6 Å². The molecule has 7 heteroatoms. The molecule has 1 unspecified atom stereocenters. The van der Waals surface area contributed by atoms with Crippen LogP contribution in [0.4, 0.5) is 0 Å². The summed E-state index contributed by atoms with van der Waals surface area (Å²) in [6, 6.07) is 17.8. The van der Waals surface area contributed by atoms with E-state index in [0.717, 1.165) is 24.0 Å². The summed E-state index contributed by atoms with van der Waals surface area (Å²) in [4.78, 5) is 27.2. The summed E-state index contributed by atoms with van der Waals surface area (Å²) >= 11 is 0. The second kappa shape index (κ2) is 8.12. The monoisotopic (exact) mass is 375 g/mol. The zero-order valence-corrected chi connectivity index (χ0v) is 15.4. The molecule has 1 fully saturated rings. The lowest BCUT2D eigenvalue weighted by molar-refractivity contribution is -0.133.